The maximum atomic E-state index is 15.0. The molecule has 1 saturated heterocycles. The number of amides is 1. The first-order valence-corrected chi connectivity index (χ1v) is 17.1. The third-order valence-corrected chi connectivity index (χ3v) is 8.96. The van der Waals surface area contributed by atoms with Crippen LogP contribution in [0.25, 0.3) is 10.9 Å². The molecule has 0 radical (unpaired) electrons. The van der Waals surface area contributed by atoms with E-state index in [-0.39, 0.29) is 29.4 Å². The van der Waals surface area contributed by atoms with Crippen LogP contribution in [-0.2, 0) is 30.8 Å². The highest BCUT2D eigenvalue weighted by atomic mass is 32.2. The zero-order chi connectivity index (χ0) is 26.7. The van der Waals surface area contributed by atoms with Crippen molar-refractivity contribution >= 4 is 34.7 Å². The van der Waals surface area contributed by atoms with Gasteiger partial charge in [-0.1, -0.05) is 25.6 Å². The fourth-order valence-corrected chi connectivity index (χ4v) is 4.89. The third-order valence-electron chi connectivity index (χ3n) is 6.06. The number of benzene rings is 1. The summed E-state index contributed by atoms with van der Waals surface area (Å²) in [4.78, 5) is 35.2. The molecule has 3 rings (SSSR count). The lowest BCUT2D eigenvalue weighted by atomic mass is 10.1. The topological polar surface area (TPSA) is 117 Å². The number of hydrogen-bond acceptors (Lipinski definition) is 7. The summed E-state index contributed by atoms with van der Waals surface area (Å²) >= 11 is 0. The largest absolute Gasteiger partial charge is 0.350 e. The second kappa shape index (κ2) is 10.8. The Morgan fingerprint density at radius 2 is 2.08 bits per heavy atom. The van der Waals surface area contributed by atoms with Gasteiger partial charge in [0.2, 0.25) is 0 Å². The molecule has 0 bridgehead atoms. The van der Waals surface area contributed by atoms with Crippen molar-refractivity contribution in [3.63, 3.8) is 0 Å². The first-order valence-electron chi connectivity index (χ1n) is 11.7. The average molecular weight is 538 g/mol. The summed E-state index contributed by atoms with van der Waals surface area (Å²) in [6.07, 6.45) is 3.56. The SMILES string of the molecule is CC(CCn1cnc2c(F)c(C#C[Si](C)(C)C)ccc2c1=O)(C(=O)NOC1CCCCO1)S(C)(=O)=O. The zero-order valence-electron chi connectivity index (χ0n) is 21.2. The van der Waals surface area contributed by atoms with Gasteiger partial charge < -0.3 is 4.74 Å². The Morgan fingerprint density at radius 1 is 1.36 bits per heavy atom. The Morgan fingerprint density at radius 3 is 2.69 bits per heavy atom. The standard InChI is InChI=1S/C24H32FN3O6SSi/c1-24(35(2,31)32,23(30)27-34-19-8-6-7-14-33-19)12-13-28-16-26-21-18(22(28)29)10-9-17(20(21)25)11-15-36(3,4)5/h9-10,16,19H,6-8,12-14H2,1-5H3,(H,27,30). The Kier molecular flexibility index (Phi) is 8.39. The van der Waals surface area contributed by atoms with Crippen LogP contribution in [0.3, 0.4) is 0 Å². The summed E-state index contributed by atoms with van der Waals surface area (Å²) in [5.74, 6) is 1.31. The second-order valence-electron chi connectivity index (χ2n) is 10.2. The van der Waals surface area contributed by atoms with Gasteiger partial charge >= 0.3 is 0 Å². The molecule has 2 unspecified atom stereocenters. The predicted octanol–water partition coefficient (Wildman–Crippen LogP) is 2.53. The van der Waals surface area contributed by atoms with E-state index in [4.69, 9.17) is 9.57 Å². The summed E-state index contributed by atoms with van der Waals surface area (Å²) in [6, 6.07) is 2.90. The maximum absolute atomic E-state index is 15.0. The first-order chi connectivity index (χ1) is 16.7. The van der Waals surface area contributed by atoms with Crippen LogP contribution in [0.4, 0.5) is 4.39 Å². The lowest BCUT2D eigenvalue weighted by Gasteiger charge is -2.28. The number of aryl methyl sites for hydroxylation is 1. The number of rotatable bonds is 7. The Labute approximate surface area is 211 Å². The second-order valence-corrected chi connectivity index (χ2v) is 17.4. The predicted molar refractivity (Wildman–Crippen MR) is 137 cm³/mol. The first kappa shape index (κ1) is 28.0. The minimum absolute atomic E-state index is 0.0387. The molecule has 1 N–H and O–H groups in total. The van der Waals surface area contributed by atoms with Crippen LogP contribution >= 0.6 is 0 Å². The number of aromatic nitrogens is 2. The fraction of sp³-hybridized carbons (Fsp3) is 0.542. The van der Waals surface area contributed by atoms with Crippen LogP contribution in [0.2, 0.25) is 19.6 Å². The molecule has 1 aromatic heterocycles. The number of halogens is 1. The van der Waals surface area contributed by atoms with Crippen LogP contribution in [0.1, 0.15) is 38.2 Å². The van der Waals surface area contributed by atoms with Crippen LogP contribution in [0.15, 0.2) is 23.3 Å². The van der Waals surface area contributed by atoms with E-state index in [1.807, 2.05) is 19.6 Å². The molecule has 9 nitrogen and oxygen atoms in total. The Hall–Kier alpha value is -2.59. The number of carbonyl (C=O) groups is 1. The molecule has 0 spiro atoms. The van der Waals surface area contributed by atoms with Crippen molar-refractivity contribution in [2.24, 2.45) is 0 Å². The number of ether oxygens (including phenoxy) is 1. The van der Waals surface area contributed by atoms with Gasteiger partial charge in [-0.3, -0.25) is 14.2 Å². The van der Waals surface area contributed by atoms with E-state index in [1.54, 1.807) is 0 Å². The van der Waals surface area contributed by atoms with Crippen LogP contribution in [0.5, 0.6) is 0 Å². The van der Waals surface area contributed by atoms with Gasteiger partial charge in [-0.2, -0.15) is 0 Å². The van der Waals surface area contributed by atoms with Crippen molar-refractivity contribution < 1.29 is 27.2 Å². The minimum Gasteiger partial charge on any atom is -0.350 e. The molecule has 1 aliphatic rings. The van der Waals surface area contributed by atoms with Crippen molar-refractivity contribution in [2.75, 3.05) is 12.9 Å². The van der Waals surface area contributed by atoms with Gasteiger partial charge in [-0.15, -0.1) is 5.54 Å². The van der Waals surface area contributed by atoms with E-state index in [0.29, 0.717) is 13.0 Å². The van der Waals surface area contributed by atoms with Crippen molar-refractivity contribution in [3.8, 4) is 11.5 Å². The monoisotopic (exact) mass is 537 g/mol. The Balaban J connectivity index is 1.83. The summed E-state index contributed by atoms with van der Waals surface area (Å²) in [5, 5.41) is 0.0387. The highest BCUT2D eigenvalue weighted by Gasteiger charge is 2.44. The molecule has 2 atom stereocenters. The molecule has 196 valence electrons. The summed E-state index contributed by atoms with van der Waals surface area (Å²) in [7, 11) is -5.65. The van der Waals surface area contributed by atoms with Gasteiger partial charge in [0.1, 0.15) is 13.6 Å². The highest BCUT2D eigenvalue weighted by molar-refractivity contribution is 7.92. The van der Waals surface area contributed by atoms with E-state index in [2.05, 4.69) is 21.9 Å². The molecule has 1 fully saturated rings. The van der Waals surface area contributed by atoms with Gasteiger partial charge in [-0.05, 0) is 38.3 Å². The molecule has 0 saturated carbocycles. The molecular weight excluding hydrogens is 505 g/mol. The van der Waals surface area contributed by atoms with E-state index >= 15 is 0 Å². The zero-order valence-corrected chi connectivity index (χ0v) is 23.0. The summed E-state index contributed by atoms with van der Waals surface area (Å²) in [5.41, 5.74) is 4.80. The molecule has 0 aliphatic carbocycles. The lowest BCUT2D eigenvalue weighted by Crippen LogP contribution is -2.51. The Bertz CT molecular complexity index is 1370. The minimum atomic E-state index is -3.91. The number of hydrogen-bond donors (Lipinski definition) is 1. The number of hydroxylamine groups is 1. The number of carbonyl (C=O) groups excluding carboxylic acids is 1. The average Bonchev–Trinajstić information content (AvgIpc) is 2.81. The van der Waals surface area contributed by atoms with Crippen LogP contribution in [-0.4, -0.2) is 55.8 Å². The highest BCUT2D eigenvalue weighted by Crippen LogP contribution is 2.23. The maximum Gasteiger partial charge on any atom is 0.264 e. The van der Waals surface area contributed by atoms with E-state index in [0.717, 1.165) is 30.0 Å². The number of nitrogens with zero attached hydrogens (tertiary/aromatic N) is 2. The van der Waals surface area contributed by atoms with Gasteiger partial charge in [0, 0.05) is 25.8 Å². The van der Waals surface area contributed by atoms with Gasteiger partial charge in [0.25, 0.3) is 11.5 Å². The van der Waals surface area contributed by atoms with Crippen molar-refractivity contribution in [1.82, 2.24) is 15.0 Å². The smallest absolute Gasteiger partial charge is 0.264 e. The molecule has 36 heavy (non-hydrogen) atoms. The van der Waals surface area contributed by atoms with E-state index in [9.17, 15) is 22.4 Å². The normalized spacial score (nSPS) is 18.2. The lowest BCUT2D eigenvalue weighted by molar-refractivity contribution is -0.201. The molecule has 1 aromatic carbocycles. The van der Waals surface area contributed by atoms with E-state index in [1.165, 1.54) is 19.1 Å². The van der Waals surface area contributed by atoms with Crippen LogP contribution in [0, 0.1) is 17.3 Å². The molecular formula is C24H32FN3O6SSi. The molecule has 2 aromatic rings. The van der Waals surface area contributed by atoms with Crippen molar-refractivity contribution in [3.05, 3.63) is 40.2 Å². The van der Waals surface area contributed by atoms with Gasteiger partial charge in [0.15, 0.2) is 26.7 Å². The molecule has 12 heteroatoms. The number of nitrogens with one attached hydrogen (secondary N) is 1. The fourth-order valence-electron chi connectivity index (χ4n) is 3.54. The summed E-state index contributed by atoms with van der Waals surface area (Å²) in [6.45, 7) is 7.74. The van der Waals surface area contributed by atoms with Gasteiger partial charge in [-0.25, -0.2) is 28.1 Å². The van der Waals surface area contributed by atoms with Crippen molar-refractivity contribution in [1.29, 1.82) is 0 Å². The third kappa shape index (κ3) is 6.39. The molecule has 2 heterocycles. The molecule has 1 aliphatic heterocycles. The summed E-state index contributed by atoms with van der Waals surface area (Å²) < 4.78 is 44.8. The molecule has 1 amide bonds. The van der Waals surface area contributed by atoms with Gasteiger partial charge in [0.05, 0.1) is 17.3 Å². The van der Waals surface area contributed by atoms with E-state index < -0.39 is 46.2 Å². The van der Waals surface area contributed by atoms with Crippen molar-refractivity contribution in [2.45, 2.75) is 69.8 Å². The quantitative estimate of drug-likeness (QED) is 0.328. The van der Waals surface area contributed by atoms with Crippen LogP contribution < -0.4 is 11.0 Å². The number of fused-ring (bicyclic) bond motifs is 1. The number of sulfone groups is 1.